The van der Waals surface area contributed by atoms with Crippen LogP contribution >= 0.6 is 0 Å². The Bertz CT molecular complexity index is 375. The largest absolute Gasteiger partial charge is 0.308 e. The molecule has 1 aliphatic heterocycles. The highest BCUT2D eigenvalue weighted by Gasteiger charge is 2.55. The molecule has 1 saturated heterocycles. The maximum Gasteiger partial charge on any atom is 0.0309 e. The number of hydrogen-bond donors (Lipinski definition) is 1. The Hall–Kier alpha value is -0.0800. The van der Waals surface area contributed by atoms with E-state index in [0.717, 1.165) is 23.3 Å². The molecule has 0 radical (unpaired) electrons. The lowest BCUT2D eigenvalue weighted by molar-refractivity contribution is 0.0198. The predicted molar refractivity (Wildman–Crippen MR) is 88.4 cm³/mol. The van der Waals surface area contributed by atoms with E-state index < -0.39 is 0 Å². The number of rotatable bonds is 4. The zero-order valence-electron chi connectivity index (χ0n) is 14.2. The highest BCUT2D eigenvalue weighted by atomic mass is 15.3. The van der Waals surface area contributed by atoms with E-state index in [1.54, 1.807) is 0 Å². The molecule has 4 fully saturated rings. The van der Waals surface area contributed by atoms with E-state index in [4.69, 9.17) is 0 Å². The van der Waals surface area contributed by atoms with E-state index in [2.05, 4.69) is 24.1 Å². The molecule has 3 aliphatic carbocycles. The molecule has 21 heavy (non-hydrogen) atoms. The van der Waals surface area contributed by atoms with Crippen molar-refractivity contribution in [3.05, 3.63) is 0 Å². The summed E-state index contributed by atoms with van der Waals surface area (Å²) >= 11 is 0. The molecule has 1 unspecified atom stereocenters. The molecular weight excluding hydrogens is 256 g/mol. The fourth-order valence-electron chi connectivity index (χ4n) is 5.36. The van der Waals surface area contributed by atoms with Gasteiger partial charge in [-0.05, 0) is 55.8 Å². The van der Waals surface area contributed by atoms with Crippen molar-refractivity contribution >= 4 is 0 Å². The number of hydrogen-bond acceptors (Lipinski definition) is 2. The fourth-order valence-corrected chi connectivity index (χ4v) is 5.36. The summed E-state index contributed by atoms with van der Waals surface area (Å²) in [7, 11) is 0. The van der Waals surface area contributed by atoms with Crippen molar-refractivity contribution in [1.82, 2.24) is 10.2 Å². The molecule has 2 nitrogen and oxygen atoms in total. The third kappa shape index (κ3) is 2.79. The Morgan fingerprint density at radius 3 is 2.33 bits per heavy atom. The summed E-state index contributed by atoms with van der Waals surface area (Å²) in [5, 5.41) is 4.01. The quantitative estimate of drug-likeness (QED) is 0.847. The lowest BCUT2D eigenvalue weighted by atomic mass is 9.78. The molecular formula is C19H34N2. The van der Waals surface area contributed by atoms with Crippen molar-refractivity contribution in [2.24, 2.45) is 17.3 Å². The van der Waals surface area contributed by atoms with Crippen LogP contribution in [0.25, 0.3) is 0 Å². The predicted octanol–water partition coefficient (Wildman–Crippen LogP) is 3.81. The molecule has 0 bridgehead atoms. The third-order valence-electron chi connectivity index (χ3n) is 7.09. The summed E-state index contributed by atoms with van der Waals surface area (Å²) in [6.45, 7) is 8.84. The van der Waals surface area contributed by atoms with Gasteiger partial charge in [-0.3, -0.25) is 4.90 Å². The second kappa shape index (κ2) is 5.23. The Kier molecular flexibility index (Phi) is 3.61. The average molecular weight is 290 g/mol. The van der Waals surface area contributed by atoms with Crippen LogP contribution in [0.4, 0.5) is 0 Å². The molecule has 1 spiro atoms. The van der Waals surface area contributed by atoms with Crippen molar-refractivity contribution < 1.29 is 0 Å². The number of piperazine rings is 1. The Labute approximate surface area is 131 Å². The molecule has 1 N–H and O–H groups in total. The highest BCUT2D eigenvalue weighted by Crippen LogP contribution is 2.62. The summed E-state index contributed by atoms with van der Waals surface area (Å²) in [6, 6.07) is 0.772. The minimum atomic E-state index is 0.475. The van der Waals surface area contributed by atoms with Crippen molar-refractivity contribution in [1.29, 1.82) is 0 Å². The first-order chi connectivity index (χ1) is 10.1. The molecule has 0 aromatic rings. The van der Waals surface area contributed by atoms with Crippen molar-refractivity contribution in [2.45, 2.75) is 83.2 Å². The van der Waals surface area contributed by atoms with Crippen molar-refractivity contribution in [2.75, 3.05) is 19.6 Å². The minimum absolute atomic E-state index is 0.475. The van der Waals surface area contributed by atoms with Crippen LogP contribution in [0.2, 0.25) is 0 Å². The molecule has 1 atom stereocenters. The van der Waals surface area contributed by atoms with E-state index in [-0.39, 0.29) is 0 Å². The lowest BCUT2D eigenvalue weighted by Gasteiger charge is -2.52. The molecule has 0 aromatic heterocycles. The van der Waals surface area contributed by atoms with Crippen molar-refractivity contribution in [3.8, 4) is 0 Å². The minimum Gasteiger partial charge on any atom is -0.308 e. The maximum atomic E-state index is 4.01. The van der Waals surface area contributed by atoms with E-state index in [1.165, 1.54) is 77.4 Å². The van der Waals surface area contributed by atoms with Crippen LogP contribution in [0.5, 0.6) is 0 Å². The second-order valence-electron chi connectivity index (χ2n) is 9.07. The van der Waals surface area contributed by atoms with Gasteiger partial charge in [0.25, 0.3) is 0 Å². The summed E-state index contributed by atoms with van der Waals surface area (Å²) < 4.78 is 0. The van der Waals surface area contributed by atoms with E-state index >= 15 is 0 Å². The van der Waals surface area contributed by atoms with E-state index in [9.17, 15) is 0 Å². The molecule has 0 aromatic carbocycles. The van der Waals surface area contributed by atoms with Crippen LogP contribution in [-0.2, 0) is 0 Å². The SMILES string of the molecule is CC(C)C1CNC2(CCCCC2)CN1CC1(C2CC2)CC1. The Morgan fingerprint density at radius 2 is 1.76 bits per heavy atom. The summed E-state index contributed by atoms with van der Waals surface area (Å²) in [6.07, 6.45) is 13.3. The second-order valence-corrected chi connectivity index (χ2v) is 9.07. The summed E-state index contributed by atoms with van der Waals surface area (Å²) in [4.78, 5) is 2.94. The third-order valence-corrected chi connectivity index (χ3v) is 7.09. The van der Waals surface area contributed by atoms with Gasteiger partial charge in [0.2, 0.25) is 0 Å². The highest BCUT2D eigenvalue weighted by molar-refractivity contribution is 5.08. The first-order valence-electron chi connectivity index (χ1n) is 9.62. The number of nitrogens with one attached hydrogen (secondary N) is 1. The van der Waals surface area contributed by atoms with Crippen LogP contribution in [0.1, 0.15) is 71.6 Å². The van der Waals surface area contributed by atoms with Gasteiger partial charge in [-0.15, -0.1) is 0 Å². The monoisotopic (exact) mass is 290 g/mol. The van der Waals surface area contributed by atoms with Gasteiger partial charge in [0.05, 0.1) is 0 Å². The molecule has 3 saturated carbocycles. The molecule has 2 heteroatoms. The van der Waals surface area contributed by atoms with Gasteiger partial charge < -0.3 is 5.32 Å². The number of nitrogens with zero attached hydrogens (tertiary/aromatic N) is 1. The molecule has 0 amide bonds. The van der Waals surface area contributed by atoms with Crippen LogP contribution in [0.3, 0.4) is 0 Å². The Balaban J connectivity index is 1.48. The molecule has 120 valence electrons. The molecule has 1 heterocycles. The summed E-state index contributed by atoms with van der Waals surface area (Å²) in [5.74, 6) is 1.89. The molecule has 4 aliphatic rings. The summed E-state index contributed by atoms with van der Waals surface area (Å²) in [5.41, 5.74) is 1.24. The lowest BCUT2D eigenvalue weighted by Crippen LogP contribution is -2.66. The van der Waals surface area contributed by atoms with Gasteiger partial charge in [-0.1, -0.05) is 33.1 Å². The fraction of sp³-hybridized carbons (Fsp3) is 1.00. The van der Waals surface area contributed by atoms with Gasteiger partial charge in [-0.25, -0.2) is 0 Å². The zero-order valence-corrected chi connectivity index (χ0v) is 14.2. The normalized spacial score (nSPS) is 35.3. The van der Waals surface area contributed by atoms with Crippen LogP contribution < -0.4 is 5.32 Å². The van der Waals surface area contributed by atoms with Gasteiger partial charge in [0.1, 0.15) is 0 Å². The van der Waals surface area contributed by atoms with Crippen LogP contribution in [0, 0.1) is 17.3 Å². The van der Waals surface area contributed by atoms with Gasteiger partial charge >= 0.3 is 0 Å². The van der Waals surface area contributed by atoms with Gasteiger partial charge in [0.15, 0.2) is 0 Å². The van der Waals surface area contributed by atoms with E-state index in [0.29, 0.717) is 5.54 Å². The smallest absolute Gasteiger partial charge is 0.0309 e. The van der Waals surface area contributed by atoms with Gasteiger partial charge in [0, 0.05) is 31.2 Å². The first-order valence-corrected chi connectivity index (χ1v) is 9.62. The maximum absolute atomic E-state index is 4.01. The zero-order chi connectivity index (χ0) is 14.5. The topological polar surface area (TPSA) is 15.3 Å². The Morgan fingerprint density at radius 1 is 1.05 bits per heavy atom. The first kappa shape index (κ1) is 14.5. The van der Waals surface area contributed by atoms with Crippen molar-refractivity contribution in [3.63, 3.8) is 0 Å². The van der Waals surface area contributed by atoms with E-state index in [1.807, 2.05) is 0 Å². The van der Waals surface area contributed by atoms with Gasteiger partial charge in [-0.2, -0.15) is 0 Å². The van der Waals surface area contributed by atoms with Crippen LogP contribution in [0.15, 0.2) is 0 Å². The molecule has 4 rings (SSSR count). The average Bonchev–Trinajstić information content (AvgIpc) is 3.33. The standard InChI is InChI=1S/C19H34N2/c1-15(2)17-12-20-19(8-4-3-5-9-19)14-21(17)13-18(10-11-18)16-6-7-16/h15-17,20H,3-14H2,1-2H3. The van der Waals surface area contributed by atoms with Crippen LogP contribution in [-0.4, -0.2) is 36.1 Å².